The first-order valence-electron chi connectivity index (χ1n) is 2.63. The van der Waals surface area contributed by atoms with Crippen LogP contribution < -0.4 is 0 Å². The largest absolute Gasteiger partial charge is 0.309 e. The Kier molecular flexibility index (Phi) is 5.99. The van der Waals surface area contributed by atoms with Gasteiger partial charge in [-0.05, 0) is 14.1 Å². The summed E-state index contributed by atoms with van der Waals surface area (Å²) < 4.78 is 0.733. The Hall–Kier alpha value is 0.750. The zero-order valence-corrected chi connectivity index (χ0v) is 8.15. The van der Waals surface area contributed by atoms with Crippen LogP contribution in [0.2, 0.25) is 0 Å². The predicted molar refractivity (Wildman–Crippen MR) is 52.6 cm³/mol. The van der Waals surface area contributed by atoms with Gasteiger partial charge in [-0.1, -0.05) is 12.2 Å². The van der Waals surface area contributed by atoms with Crippen LogP contribution in [0.3, 0.4) is 0 Å². The van der Waals surface area contributed by atoms with Gasteiger partial charge in [-0.3, -0.25) is 0 Å². The molecule has 0 saturated carbocycles. The van der Waals surface area contributed by atoms with Gasteiger partial charge in [-0.25, -0.2) is 0 Å². The average molecular weight is 181 g/mol. The van der Waals surface area contributed by atoms with Gasteiger partial charge in [0.2, 0.25) is 0 Å². The lowest BCUT2D eigenvalue weighted by atomic mass is 10.7. The van der Waals surface area contributed by atoms with Crippen molar-refractivity contribution in [1.29, 1.82) is 0 Å². The van der Waals surface area contributed by atoms with E-state index in [0.717, 1.165) is 15.8 Å². The van der Waals surface area contributed by atoms with Crippen LogP contribution in [0.4, 0.5) is 0 Å². The molecule has 0 spiro atoms. The molecule has 0 bridgehead atoms. The molecule has 0 N–H and O–H groups in total. The van der Waals surface area contributed by atoms with Gasteiger partial charge in [0.1, 0.15) is 3.53 Å². The molecule has 0 rings (SSSR count). The van der Waals surface area contributed by atoms with Crippen molar-refractivity contribution in [3.63, 3.8) is 0 Å². The number of hydrogen-bond acceptors (Lipinski definition) is 3. The molecule has 0 amide bonds. The summed E-state index contributed by atoms with van der Waals surface area (Å²) in [5, 5.41) is 0. The number of hydrogen-bond donors (Lipinski definition) is 1. The van der Waals surface area contributed by atoms with Gasteiger partial charge in [0.05, 0.1) is 0 Å². The van der Waals surface area contributed by atoms with E-state index in [2.05, 4.69) is 17.5 Å². The zero-order valence-electron chi connectivity index (χ0n) is 5.63. The highest BCUT2D eigenvalue weighted by Gasteiger charge is 1.91. The molecular formula is C5H11NS3. The molecular weight excluding hydrogens is 170 g/mol. The number of rotatable bonds is 3. The first-order valence-corrected chi connectivity index (χ1v) is 4.47. The number of thiocarbonyl (C=S) groups is 1. The maximum Gasteiger partial charge on any atom is 0.101 e. The number of nitrogens with zero attached hydrogens (tertiary/aromatic N) is 1. The maximum absolute atomic E-state index is 4.76. The molecule has 0 aliphatic carbocycles. The van der Waals surface area contributed by atoms with E-state index in [9.17, 15) is 0 Å². The highest BCUT2D eigenvalue weighted by molar-refractivity contribution is 8.41. The highest BCUT2D eigenvalue weighted by atomic mass is 32.2. The van der Waals surface area contributed by atoms with Crippen molar-refractivity contribution in [2.45, 2.75) is 0 Å². The Morgan fingerprint density at radius 1 is 1.67 bits per heavy atom. The molecule has 9 heavy (non-hydrogen) atoms. The lowest BCUT2D eigenvalue weighted by Gasteiger charge is -2.06. The topological polar surface area (TPSA) is 3.24 Å². The van der Waals surface area contributed by atoms with Crippen molar-refractivity contribution in [3.05, 3.63) is 0 Å². The second kappa shape index (κ2) is 5.53. The first-order chi connectivity index (χ1) is 4.13. The van der Waals surface area contributed by atoms with Gasteiger partial charge in [-0.2, -0.15) is 0 Å². The normalized spacial score (nSPS) is 10.2. The van der Waals surface area contributed by atoms with Gasteiger partial charge >= 0.3 is 0 Å². The van der Waals surface area contributed by atoms with Crippen molar-refractivity contribution < 1.29 is 0 Å². The van der Waals surface area contributed by atoms with Gasteiger partial charge in [0.25, 0.3) is 0 Å². The van der Waals surface area contributed by atoms with E-state index in [1.807, 2.05) is 14.1 Å². The maximum atomic E-state index is 4.76. The van der Waals surface area contributed by atoms with Gasteiger partial charge in [0.15, 0.2) is 0 Å². The van der Waals surface area contributed by atoms with Crippen molar-refractivity contribution in [3.8, 4) is 0 Å². The monoisotopic (exact) mass is 181 g/mol. The van der Waals surface area contributed by atoms with Crippen LogP contribution in [0.25, 0.3) is 0 Å². The molecule has 0 fully saturated rings. The van der Waals surface area contributed by atoms with Crippen LogP contribution in [-0.2, 0) is 0 Å². The van der Waals surface area contributed by atoms with E-state index < -0.39 is 0 Å². The Morgan fingerprint density at radius 3 is 2.56 bits per heavy atom. The van der Waals surface area contributed by atoms with Crippen molar-refractivity contribution in [2.24, 2.45) is 0 Å². The number of thioether (sulfide) groups is 1. The van der Waals surface area contributed by atoms with E-state index in [1.165, 1.54) is 0 Å². The average Bonchev–Trinajstić information content (AvgIpc) is 1.63. The Morgan fingerprint density at radius 2 is 2.22 bits per heavy atom. The van der Waals surface area contributed by atoms with Crippen molar-refractivity contribution >= 4 is 40.1 Å². The molecule has 1 nitrogen and oxygen atoms in total. The fraction of sp³-hybridized carbons (Fsp3) is 0.800. The molecule has 0 aliphatic rings. The summed E-state index contributed by atoms with van der Waals surface area (Å²) in [6.07, 6.45) is 0. The van der Waals surface area contributed by atoms with Crippen molar-refractivity contribution in [2.75, 3.05) is 26.4 Å². The summed E-state index contributed by atoms with van der Waals surface area (Å²) in [4.78, 5) is 2.12. The third-order valence-electron chi connectivity index (χ3n) is 0.764. The minimum atomic E-state index is 0.733. The van der Waals surface area contributed by atoms with Crippen LogP contribution in [0.15, 0.2) is 0 Å². The molecule has 4 heteroatoms. The number of thiol groups is 1. The molecule has 0 radical (unpaired) electrons. The van der Waals surface area contributed by atoms with Gasteiger partial charge < -0.3 is 4.90 Å². The fourth-order valence-corrected chi connectivity index (χ4v) is 1.47. The van der Waals surface area contributed by atoms with Crippen LogP contribution >= 0.6 is 36.6 Å². The van der Waals surface area contributed by atoms with Crippen LogP contribution in [0.1, 0.15) is 0 Å². The Balaban J connectivity index is 3.01. The minimum Gasteiger partial charge on any atom is -0.309 e. The third-order valence-corrected chi connectivity index (χ3v) is 2.14. The summed E-state index contributed by atoms with van der Waals surface area (Å²) in [6, 6.07) is 0. The second-order valence-electron chi connectivity index (χ2n) is 1.92. The van der Waals surface area contributed by atoms with Gasteiger partial charge in [0, 0.05) is 12.3 Å². The quantitative estimate of drug-likeness (QED) is 0.519. The van der Waals surface area contributed by atoms with Crippen molar-refractivity contribution in [1.82, 2.24) is 4.90 Å². The second-order valence-corrected chi connectivity index (χ2v) is 4.74. The van der Waals surface area contributed by atoms with Crippen LogP contribution in [0, 0.1) is 0 Å². The molecule has 0 atom stereocenters. The molecule has 0 unspecified atom stereocenters. The molecule has 0 saturated heterocycles. The first kappa shape index (κ1) is 9.75. The zero-order chi connectivity index (χ0) is 7.28. The summed E-state index contributed by atoms with van der Waals surface area (Å²) in [5.74, 6) is 1.04. The smallest absolute Gasteiger partial charge is 0.101 e. The van der Waals surface area contributed by atoms with E-state index in [0.29, 0.717) is 0 Å². The predicted octanol–water partition coefficient (Wildman–Crippen LogP) is 1.50. The SMILES string of the molecule is CN(C)CCSC(=S)S. The molecule has 54 valence electrons. The summed E-state index contributed by atoms with van der Waals surface area (Å²) in [5.41, 5.74) is 0. The summed E-state index contributed by atoms with van der Waals surface area (Å²) in [6.45, 7) is 1.06. The lowest BCUT2D eigenvalue weighted by Crippen LogP contribution is -2.14. The fourth-order valence-electron chi connectivity index (χ4n) is 0.316. The van der Waals surface area contributed by atoms with Crippen LogP contribution in [-0.4, -0.2) is 34.8 Å². The van der Waals surface area contributed by atoms with E-state index >= 15 is 0 Å². The molecule has 0 aromatic rings. The van der Waals surface area contributed by atoms with Crippen LogP contribution in [0.5, 0.6) is 0 Å². The molecule has 0 aromatic heterocycles. The highest BCUT2D eigenvalue weighted by Crippen LogP contribution is 2.06. The summed E-state index contributed by atoms with van der Waals surface area (Å²) in [7, 11) is 4.09. The van der Waals surface area contributed by atoms with Gasteiger partial charge in [-0.15, -0.1) is 24.4 Å². The molecule has 0 heterocycles. The minimum absolute atomic E-state index is 0.733. The standard InChI is InChI=1S/C5H11NS3/c1-6(2)3-4-9-5(7)8/h3-4H2,1-2H3,(H,7,8). The Labute approximate surface area is 71.6 Å². The van der Waals surface area contributed by atoms with E-state index in [1.54, 1.807) is 11.8 Å². The third kappa shape index (κ3) is 8.75. The van der Waals surface area contributed by atoms with E-state index in [-0.39, 0.29) is 0 Å². The molecule has 0 aromatic carbocycles. The molecule has 0 aliphatic heterocycles. The summed E-state index contributed by atoms with van der Waals surface area (Å²) >= 11 is 10.3. The lowest BCUT2D eigenvalue weighted by molar-refractivity contribution is 0.438. The van der Waals surface area contributed by atoms with E-state index in [4.69, 9.17) is 12.2 Å². The Bertz CT molecular complexity index is 92.2.